The van der Waals surface area contributed by atoms with Gasteiger partial charge in [-0.05, 0) is 39.0 Å². The molecule has 5 N–H and O–H groups in total. The molecule has 0 radical (unpaired) electrons. The van der Waals surface area contributed by atoms with E-state index in [1.165, 1.54) is 0 Å². The largest absolute Gasteiger partial charge is 0.471 e. The lowest BCUT2D eigenvalue weighted by Crippen LogP contribution is -2.32. The number of nitrogens with one attached hydrogen (secondary N) is 2. The first-order valence-electron chi connectivity index (χ1n) is 9.78. The van der Waals surface area contributed by atoms with E-state index in [4.69, 9.17) is 16.3 Å². The summed E-state index contributed by atoms with van der Waals surface area (Å²) in [5.41, 5.74) is 1.77. The van der Waals surface area contributed by atoms with Crippen LogP contribution in [-0.2, 0) is 13.9 Å². The first kappa shape index (κ1) is 25.5. The van der Waals surface area contributed by atoms with Crippen LogP contribution in [0.3, 0.4) is 0 Å². The van der Waals surface area contributed by atoms with Gasteiger partial charge in [-0.3, -0.25) is 4.74 Å². The van der Waals surface area contributed by atoms with Gasteiger partial charge in [0.2, 0.25) is 5.95 Å². The molecule has 0 aliphatic heterocycles. The van der Waals surface area contributed by atoms with Gasteiger partial charge in [-0.15, -0.1) is 0 Å². The molecule has 0 spiro atoms. The van der Waals surface area contributed by atoms with E-state index in [0.717, 1.165) is 0 Å². The van der Waals surface area contributed by atoms with Crippen molar-refractivity contribution in [2.45, 2.75) is 38.1 Å². The first-order valence-corrected chi connectivity index (χ1v) is 12.7. The number of rotatable bonds is 10. The van der Waals surface area contributed by atoms with Gasteiger partial charge in [0.1, 0.15) is 0 Å². The highest BCUT2D eigenvalue weighted by molar-refractivity contribution is 7.62. The van der Waals surface area contributed by atoms with Gasteiger partial charge in [0, 0.05) is 22.8 Å². The number of aliphatic hydroxyl groups is 1. The monoisotopic (exact) mass is 517 g/mol. The maximum absolute atomic E-state index is 11.4. The summed E-state index contributed by atoms with van der Waals surface area (Å²) >= 11 is 6.07. The highest BCUT2D eigenvalue weighted by Crippen LogP contribution is 2.55. The smallest absolute Gasteiger partial charge is 0.349 e. The molecule has 3 rings (SSSR count). The first-order chi connectivity index (χ1) is 15.4. The SMILES string of the molecule is CC(COC(O)([PH+]=O)P(=O)(O)O)Nc1nc(Nc2cccc(Cl)c2)c2ncn(C(C)C)c2n1. The lowest BCUT2D eigenvalue weighted by molar-refractivity contribution is -0.0893. The van der Waals surface area contributed by atoms with Crippen LogP contribution in [0.25, 0.3) is 11.2 Å². The number of fused-ring (bicyclic) bond motifs is 1. The van der Waals surface area contributed by atoms with Gasteiger partial charge in [-0.1, -0.05) is 22.2 Å². The second kappa shape index (κ2) is 9.99. The quantitative estimate of drug-likeness (QED) is 0.197. The maximum atomic E-state index is 11.4. The number of hydrogen-bond donors (Lipinski definition) is 5. The Kier molecular flexibility index (Phi) is 7.70. The minimum absolute atomic E-state index is 0.0637. The standard InChI is InChI=1S/C18H23ClN6O6P2/c1-10(2)25-9-20-14-15(22-13-6-4-5-12(19)7-13)23-17(24-16(14)25)21-11(3)8-31-18(26,32-27)33(28,29)30/h4-7,9-11,26H,8H2,1-3H3,(H2,28,29,30)(H2,21,22,23,24)/p+1. The summed E-state index contributed by atoms with van der Waals surface area (Å²) in [4.78, 5) is 31.8. The number of nitrogens with zero attached hydrogens (tertiary/aromatic N) is 4. The van der Waals surface area contributed by atoms with E-state index in [0.29, 0.717) is 27.7 Å². The van der Waals surface area contributed by atoms with Gasteiger partial charge < -0.3 is 30.1 Å². The molecule has 0 saturated carbocycles. The molecular formula is C18H24ClN6O6P2+. The van der Waals surface area contributed by atoms with Gasteiger partial charge in [-0.25, -0.2) is 9.55 Å². The molecule has 33 heavy (non-hydrogen) atoms. The summed E-state index contributed by atoms with van der Waals surface area (Å²) < 4.78 is 29.2. The van der Waals surface area contributed by atoms with Crippen molar-refractivity contribution < 1.29 is 28.8 Å². The highest BCUT2D eigenvalue weighted by atomic mass is 35.5. The van der Waals surface area contributed by atoms with Gasteiger partial charge >= 0.3 is 21.3 Å². The predicted octanol–water partition coefficient (Wildman–Crippen LogP) is 3.43. The molecule has 0 aliphatic rings. The zero-order chi connectivity index (χ0) is 24.4. The van der Waals surface area contributed by atoms with Crippen LogP contribution in [0.2, 0.25) is 5.02 Å². The Morgan fingerprint density at radius 1 is 1.30 bits per heavy atom. The number of hydrogen-bond acceptors (Lipinski definition) is 9. The van der Waals surface area contributed by atoms with Crippen LogP contribution in [-0.4, -0.2) is 52.3 Å². The summed E-state index contributed by atoms with van der Waals surface area (Å²) in [5.74, 6) is 0.583. The third-order valence-corrected chi connectivity index (χ3v) is 7.21. The molecule has 1 aromatic carbocycles. The van der Waals surface area contributed by atoms with Gasteiger partial charge in [0.05, 0.1) is 12.9 Å². The van der Waals surface area contributed by atoms with Crippen LogP contribution in [0, 0.1) is 0 Å². The van der Waals surface area contributed by atoms with Crippen LogP contribution in [0.5, 0.6) is 0 Å². The van der Waals surface area contributed by atoms with Crippen molar-refractivity contribution in [1.82, 2.24) is 19.5 Å². The maximum Gasteiger partial charge on any atom is 0.471 e. The normalized spacial score (nSPS) is 15.0. The van der Waals surface area contributed by atoms with E-state index >= 15 is 0 Å². The fourth-order valence-electron chi connectivity index (χ4n) is 2.83. The van der Waals surface area contributed by atoms with Crippen molar-refractivity contribution in [2.75, 3.05) is 17.2 Å². The molecular weight excluding hydrogens is 494 g/mol. The van der Waals surface area contributed by atoms with Crippen molar-refractivity contribution in [3.63, 3.8) is 0 Å². The molecule has 15 heteroatoms. The van der Waals surface area contributed by atoms with Crippen molar-refractivity contribution in [3.05, 3.63) is 35.6 Å². The minimum atomic E-state index is -5.18. The second-order valence-corrected chi connectivity index (χ2v) is 11.0. The molecule has 3 aromatic rings. The second-order valence-electron chi connectivity index (χ2n) is 7.56. The van der Waals surface area contributed by atoms with Crippen LogP contribution in [0.1, 0.15) is 26.8 Å². The molecule has 0 bridgehead atoms. The van der Waals surface area contributed by atoms with E-state index in [9.17, 15) is 24.0 Å². The third kappa shape index (κ3) is 5.85. The zero-order valence-corrected chi connectivity index (χ0v) is 20.6. The Morgan fingerprint density at radius 2 is 2.03 bits per heavy atom. The summed E-state index contributed by atoms with van der Waals surface area (Å²) in [6, 6.07) is 6.51. The summed E-state index contributed by atoms with van der Waals surface area (Å²) in [6.45, 7) is 5.18. The Morgan fingerprint density at radius 3 is 2.64 bits per heavy atom. The Hall–Kier alpha value is -2.17. The topological polar surface area (TPSA) is 172 Å². The Labute approximate surface area is 195 Å². The molecule has 0 fully saturated rings. The fourth-order valence-corrected chi connectivity index (χ4v) is 3.88. The van der Waals surface area contributed by atoms with E-state index in [2.05, 4.69) is 25.6 Å². The van der Waals surface area contributed by atoms with E-state index in [1.807, 2.05) is 24.5 Å². The number of imidazole rings is 1. The van der Waals surface area contributed by atoms with E-state index < -0.39 is 34.0 Å². The van der Waals surface area contributed by atoms with Gasteiger partial charge in [0.15, 0.2) is 17.0 Å². The predicted molar refractivity (Wildman–Crippen MR) is 125 cm³/mol. The number of benzene rings is 1. The van der Waals surface area contributed by atoms with Crippen LogP contribution >= 0.6 is 27.7 Å². The van der Waals surface area contributed by atoms with Gasteiger partial charge in [-0.2, -0.15) is 9.97 Å². The van der Waals surface area contributed by atoms with Crippen LogP contribution < -0.4 is 10.6 Å². The molecule has 2 aromatic heterocycles. The average molecular weight is 518 g/mol. The fraction of sp³-hybridized carbons (Fsp3) is 0.389. The number of anilines is 3. The number of aromatic nitrogens is 4. The molecule has 0 saturated heterocycles. The minimum Gasteiger partial charge on any atom is -0.349 e. The highest BCUT2D eigenvalue weighted by Gasteiger charge is 2.56. The summed E-state index contributed by atoms with van der Waals surface area (Å²) in [5, 5.41) is 13.4. The van der Waals surface area contributed by atoms with E-state index in [-0.39, 0.29) is 12.0 Å². The van der Waals surface area contributed by atoms with Crippen molar-refractivity contribution >= 4 is 56.3 Å². The molecule has 0 amide bonds. The Balaban J connectivity index is 1.90. The summed E-state index contributed by atoms with van der Waals surface area (Å²) in [7, 11) is -6.96. The molecule has 2 heterocycles. The lowest BCUT2D eigenvalue weighted by atomic mass is 10.3. The number of ether oxygens (including phenoxy) is 1. The molecule has 3 unspecified atom stereocenters. The lowest BCUT2D eigenvalue weighted by Gasteiger charge is -2.20. The van der Waals surface area contributed by atoms with Crippen molar-refractivity contribution in [3.8, 4) is 0 Å². The number of halogens is 1. The molecule has 0 aliphatic carbocycles. The molecule has 178 valence electrons. The van der Waals surface area contributed by atoms with Crippen LogP contribution in [0.15, 0.2) is 30.6 Å². The Bertz CT molecular complexity index is 1200. The molecule has 12 nitrogen and oxygen atoms in total. The van der Waals surface area contributed by atoms with Crippen molar-refractivity contribution in [2.24, 2.45) is 0 Å². The molecule has 3 atom stereocenters. The average Bonchev–Trinajstić information content (AvgIpc) is 3.16. The third-order valence-electron chi connectivity index (χ3n) is 4.50. The van der Waals surface area contributed by atoms with Gasteiger partial charge in [0.25, 0.3) is 0 Å². The zero-order valence-electron chi connectivity index (χ0n) is 17.9. The van der Waals surface area contributed by atoms with E-state index in [1.54, 1.807) is 31.5 Å². The van der Waals surface area contributed by atoms with Crippen molar-refractivity contribution in [1.29, 1.82) is 0 Å². The summed E-state index contributed by atoms with van der Waals surface area (Å²) in [6.07, 6.45) is 1.65. The van der Waals surface area contributed by atoms with Crippen LogP contribution in [0.4, 0.5) is 17.5 Å².